The molecule has 0 atom stereocenters. The van der Waals surface area contributed by atoms with Crippen LogP contribution in [0.5, 0.6) is 0 Å². The zero-order valence-corrected chi connectivity index (χ0v) is 13.3. The molecular weight excluding hydrogens is 268 g/mol. The molecule has 0 fully saturated rings. The predicted molar refractivity (Wildman–Crippen MR) is 84.0 cm³/mol. The Balaban J connectivity index is 3.13. The number of aliphatic hydroxyl groups is 1. The van der Waals surface area contributed by atoms with Crippen LogP contribution in [0.1, 0.15) is 50.2 Å². The molecule has 6 nitrogen and oxygen atoms in total. The summed E-state index contributed by atoms with van der Waals surface area (Å²) in [6, 6.07) is 3.46. The number of rotatable bonds is 6. The minimum atomic E-state index is -0.177. The lowest BCUT2D eigenvalue weighted by atomic mass is 9.90. The Labute approximate surface area is 126 Å². The number of pyridine rings is 1. The lowest BCUT2D eigenvalue weighted by Crippen LogP contribution is -2.32. The van der Waals surface area contributed by atoms with Gasteiger partial charge in [-0.15, -0.1) is 0 Å². The van der Waals surface area contributed by atoms with Crippen LogP contribution in [0, 0.1) is 0 Å². The van der Waals surface area contributed by atoms with E-state index >= 15 is 0 Å². The number of nitrogens with two attached hydrogens (primary N) is 1. The Hall–Kier alpha value is -1.66. The standard InChI is InChI=1S/C15H26N4O2/c1-5-19(7-6-8-20)14(21)11-9-12(15(2,3)4)17-13(10-11)18-16/h9-10,20H,5-8,16H2,1-4H3,(H,17,18). The number of anilines is 1. The van der Waals surface area contributed by atoms with Crippen molar-refractivity contribution in [2.45, 2.75) is 39.5 Å². The van der Waals surface area contributed by atoms with Crippen LogP contribution >= 0.6 is 0 Å². The monoisotopic (exact) mass is 294 g/mol. The fraction of sp³-hybridized carbons (Fsp3) is 0.600. The van der Waals surface area contributed by atoms with Gasteiger partial charge >= 0.3 is 0 Å². The molecule has 0 unspecified atom stereocenters. The number of nitrogens with one attached hydrogen (secondary N) is 1. The Bertz CT molecular complexity index is 483. The summed E-state index contributed by atoms with van der Waals surface area (Å²) in [5.41, 5.74) is 3.70. The maximum Gasteiger partial charge on any atom is 0.254 e. The largest absolute Gasteiger partial charge is 0.396 e. The molecule has 0 aliphatic carbocycles. The van der Waals surface area contributed by atoms with Gasteiger partial charge in [0.05, 0.1) is 0 Å². The summed E-state index contributed by atoms with van der Waals surface area (Å²) in [6.07, 6.45) is 0.568. The molecule has 0 radical (unpaired) electrons. The second-order valence-electron chi connectivity index (χ2n) is 5.98. The molecule has 0 aliphatic rings. The zero-order chi connectivity index (χ0) is 16.0. The summed E-state index contributed by atoms with van der Waals surface area (Å²) in [6.45, 7) is 9.22. The van der Waals surface area contributed by atoms with E-state index in [-0.39, 0.29) is 17.9 Å². The van der Waals surface area contributed by atoms with Crippen LogP contribution in [-0.4, -0.2) is 40.6 Å². The first kappa shape index (κ1) is 17.4. The molecule has 4 N–H and O–H groups in total. The van der Waals surface area contributed by atoms with E-state index in [4.69, 9.17) is 10.9 Å². The summed E-state index contributed by atoms with van der Waals surface area (Å²) in [5, 5.41) is 8.92. The number of hydrogen-bond acceptors (Lipinski definition) is 5. The van der Waals surface area contributed by atoms with Gasteiger partial charge < -0.3 is 15.4 Å². The van der Waals surface area contributed by atoms with Crippen LogP contribution < -0.4 is 11.3 Å². The first-order valence-electron chi connectivity index (χ1n) is 7.22. The Kier molecular flexibility index (Phi) is 6.11. The zero-order valence-electron chi connectivity index (χ0n) is 13.3. The lowest BCUT2D eigenvalue weighted by Gasteiger charge is -2.23. The summed E-state index contributed by atoms with van der Waals surface area (Å²) >= 11 is 0. The third-order valence-electron chi connectivity index (χ3n) is 3.24. The van der Waals surface area contributed by atoms with Crippen molar-refractivity contribution in [3.05, 3.63) is 23.4 Å². The number of carbonyl (C=O) groups is 1. The fourth-order valence-electron chi connectivity index (χ4n) is 1.96. The number of aromatic nitrogens is 1. The molecule has 0 aromatic carbocycles. The van der Waals surface area contributed by atoms with Crippen LogP contribution in [0.3, 0.4) is 0 Å². The van der Waals surface area contributed by atoms with Crippen molar-refractivity contribution in [3.8, 4) is 0 Å². The first-order chi connectivity index (χ1) is 9.83. The highest BCUT2D eigenvalue weighted by Crippen LogP contribution is 2.23. The normalized spacial score (nSPS) is 11.3. The minimum absolute atomic E-state index is 0.0724. The summed E-state index contributed by atoms with van der Waals surface area (Å²) in [5.74, 6) is 5.85. The molecule has 0 saturated heterocycles. The van der Waals surface area contributed by atoms with Gasteiger partial charge in [0, 0.05) is 36.4 Å². The van der Waals surface area contributed by atoms with Gasteiger partial charge in [0.25, 0.3) is 5.91 Å². The molecule has 1 rings (SSSR count). The highest BCUT2D eigenvalue weighted by atomic mass is 16.3. The first-order valence-corrected chi connectivity index (χ1v) is 7.22. The smallest absolute Gasteiger partial charge is 0.254 e. The van der Waals surface area contributed by atoms with Gasteiger partial charge in [-0.1, -0.05) is 20.8 Å². The van der Waals surface area contributed by atoms with Crippen molar-refractivity contribution in [1.29, 1.82) is 0 Å². The number of aliphatic hydroxyl groups excluding tert-OH is 1. The van der Waals surface area contributed by atoms with Crippen molar-refractivity contribution in [2.75, 3.05) is 25.1 Å². The maximum absolute atomic E-state index is 12.6. The average molecular weight is 294 g/mol. The van der Waals surface area contributed by atoms with E-state index in [0.29, 0.717) is 30.9 Å². The molecular formula is C15H26N4O2. The van der Waals surface area contributed by atoms with Crippen molar-refractivity contribution in [1.82, 2.24) is 9.88 Å². The van der Waals surface area contributed by atoms with Gasteiger partial charge in [-0.05, 0) is 25.5 Å². The van der Waals surface area contributed by atoms with Crippen LogP contribution in [0.25, 0.3) is 0 Å². The van der Waals surface area contributed by atoms with Crippen molar-refractivity contribution in [2.24, 2.45) is 5.84 Å². The van der Waals surface area contributed by atoms with Crippen LogP contribution in [0.2, 0.25) is 0 Å². The Morgan fingerprint density at radius 1 is 1.43 bits per heavy atom. The highest BCUT2D eigenvalue weighted by Gasteiger charge is 2.21. The second kappa shape index (κ2) is 7.38. The Morgan fingerprint density at radius 2 is 2.10 bits per heavy atom. The molecule has 6 heteroatoms. The molecule has 0 aliphatic heterocycles. The third-order valence-corrected chi connectivity index (χ3v) is 3.24. The molecule has 0 saturated carbocycles. The summed E-state index contributed by atoms with van der Waals surface area (Å²) in [4.78, 5) is 18.7. The third kappa shape index (κ3) is 4.68. The highest BCUT2D eigenvalue weighted by molar-refractivity contribution is 5.95. The van der Waals surface area contributed by atoms with Crippen molar-refractivity contribution >= 4 is 11.7 Å². The molecule has 118 valence electrons. The van der Waals surface area contributed by atoms with Gasteiger partial charge in [-0.2, -0.15) is 0 Å². The number of hydrazine groups is 1. The lowest BCUT2D eigenvalue weighted by molar-refractivity contribution is 0.0754. The molecule has 1 aromatic rings. The van der Waals surface area contributed by atoms with E-state index in [1.165, 1.54) is 0 Å². The van der Waals surface area contributed by atoms with Gasteiger partial charge in [-0.25, -0.2) is 10.8 Å². The van der Waals surface area contributed by atoms with Gasteiger partial charge in [0.2, 0.25) is 0 Å². The number of carbonyl (C=O) groups excluding carboxylic acids is 1. The Morgan fingerprint density at radius 3 is 2.57 bits per heavy atom. The molecule has 0 spiro atoms. The second-order valence-corrected chi connectivity index (χ2v) is 5.98. The quantitative estimate of drug-likeness (QED) is 0.546. The summed E-state index contributed by atoms with van der Waals surface area (Å²) in [7, 11) is 0. The molecule has 1 amide bonds. The van der Waals surface area contributed by atoms with Gasteiger partial charge in [-0.3, -0.25) is 4.79 Å². The molecule has 21 heavy (non-hydrogen) atoms. The van der Waals surface area contributed by atoms with Gasteiger partial charge in [0.1, 0.15) is 5.82 Å². The number of hydrogen-bond donors (Lipinski definition) is 3. The number of nitrogen functional groups attached to an aromatic ring is 1. The maximum atomic E-state index is 12.6. The number of amides is 1. The molecule has 1 aromatic heterocycles. The van der Waals surface area contributed by atoms with E-state index in [1.54, 1.807) is 11.0 Å². The summed E-state index contributed by atoms with van der Waals surface area (Å²) < 4.78 is 0. The van der Waals surface area contributed by atoms with Crippen LogP contribution in [0.4, 0.5) is 5.82 Å². The molecule has 1 heterocycles. The van der Waals surface area contributed by atoms with E-state index in [0.717, 1.165) is 5.69 Å². The van der Waals surface area contributed by atoms with E-state index in [9.17, 15) is 4.79 Å². The van der Waals surface area contributed by atoms with E-state index < -0.39 is 0 Å². The average Bonchev–Trinajstić information content (AvgIpc) is 2.46. The number of nitrogens with zero attached hydrogens (tertiary/aromatic N) is 2. The minimum Gasteiger partial charge on any atom is -0.396 e. The molecule has 0 bridgehead atoms. The van der Waals surface area contributed by atoms with E-state index in [1.807, 2.05) is 33.8 Å². The van der Waals surface area contributed by atoms with Crippen molar-refractivity contribution < 1.29 is 9.90 Å². The predicted octanol–water partition coefficient (Wildman–Crippen LogP) is 1.51. The SMILES string of the molecule is CCN(CCCO)C(=O)c1cc(NN)nc(C(C)(C)C)c1. The fourth-order valence-corrected chi connectivity index (χ4v) is 1.96. The van der Waals surface area contributed by atoms with E-state index in [2.05, 4.69) is 10.4 Å². The van der Waals surface area contributed by atoms with Gasteiger partial charge in [0.15, 0.2) is 0 Å². The van der Waals surface area contributed by atoms with Crippen LogP contribution in [-0.2, 0) is 5.41 Å². The van der Waals surface area contributed by atoms with Crippen molar-refractivity contribution in [3.63, 3.8) is 0 Å². The van der Waals surface area contributed by atoms with Crippen LogP contribution in [0.15, 0.2) is 12.1 Å². The topological polar surface area (TPSA) is 91.5 Å².